The summed E-state index contributed by atoms with van der Waals surface area (Å²) in [6.07, 6.45) is 3.90. The normalized spacial score (nSPS) is 24.6. The highest BCUT2D eigenvalue weighted by molar-refractivity contribution is 7.71. The molecule has 1 aromatic heterocycles. The van der Waals surface area contributed by atoms with Crippen LogP contribution >= 0.6 is 12.2 Å². The fraction of sp³-hybridized carbons (Fsp3) is 0.500. The van der Waals surface area contributed by atoms with Gasteiger partial charge >= 0.3 is 0 Å². The Bertz CT molecular complexity index is 628. The van der Waals surface area contributed by atoms with Gasteiger partial charge in [0.2, 0.25) is 0 Å². The van der Waals surface area contributed by atoms with Crippen molar-refractivity contribution in [2.75, 3.05) is 0 Å². The number of nitrogens with one attached hydrogen (secondary N) is 1. The molecule has 0 bridgehead atoms. The first-order valence-electron chi connectivity index (χ1n) is 6.56. The predicted octanol–water partition coefficient (Wildman–Crippen LogP) is 3.48. The third kappa shape index (κ3) is 1.80. The first-order chi connectivity index (χ1) is 8.68. The van der Waals surface area contributed by atoms with Gasteiger partial charge in [0, 0.05) is 0 Å². The largest absolute Gasteiger partial charge is 0.391 e. The lowest BCUT2D eigenvalue weighted by molar-refractivity contribution is 0.0767. The lowest BCUT2D eigenvalue weighted by atomic mass is 9.92. The van der Waals surface area contributed by atoms with Gasteiger partial charge in [-0.15, -0.1) is 0 Å². The maximum Gasteiger partial charge on any atom is 0.178 e. The summed E-state index contributed by atoms with van der Waals surface area (Å²) < 4.78 is 2.86. The van der Waals surface area contributed by atoms with Crippen molar-refractivity contribution in [3.05, 3.63) is 28.5 Å². The zero-order valence-corrected chi connectivity index (χ0v) is 11.3. The van der Waals surface area contributed by atoms with E-state index in [4.69, 9.17) is 12.2 Å². The van der Waals surface area contributed by atoms with E-state index in [-0.39, 0.29) is 12.1 Å². The fourth-order valence-electron chi connectivity index (χ4n) is 3.07. The number of fused-ring (bicyclic) bond motifs is 1. The molecule has 2 aromatic rings. The molecule has 0 radical (unpaired) electrons. The van der Waals surface area contributed by atoms with Crippen LogP contribution in [0.25, 0.3) is 11.0 Å². The average molecular weight is 262 g/mol. The van der Waals surface area contributed by atoms with Crippen molar-refractivity contribution >= 4 is 23.3 Å². The summed E-state index contributed by atoms with van der Waals surface area (Å²) in [5.41, 5.74) is 3.42. The van der Waals surface area contributed by atoms with Gasteiger partial charge < -0.3 is 14.7 Å². The Morgan fingerprint density at radius 3 is 2.89 bits per heavy atom. The molecular weight excluding hydrogens is 244 g/mol. The molecule has 1 saturated carbocycles. The first-order valence-corrected chi connectivity index (χ1v) is 6.97. The first kappa shape index (κ1) is 11.9. The monoisotopic (exact) mass is 262 g/mol. The highest BCUT2D eigenvalue weighted by Crippen LogP contribution is 2.32. The summed E-state index contributed by atoms with van der Waals surface area (Å²) in [6, 6.07) is 6.30. The number of aliphatic hydroxyl groups excluding tert-OH is 1. The highest BCUT2D eigenvalue weighted by atomic mass is 32.1. The SMILES string of the molecule is Cc1cccc2[nH]c(=S)n(C3CCCCC3O)c12. The number of hydrogen-bond acceptors (Lipinski definition) is 2. The Morgan fingerprint density at radius 1 is 1.33 bits per heavy atom. The van der Waals surface area contributed by atoms with Gasteiger partial charge in [-0.3, -0.25) is 0 Å². The molecule has 0 amide bonds. The second-order valence-electron chi connectivity index (χ2n) is 5.19. The van der Waals surface area contributed by atoms with E-state index in [2.05, 4.69) is 22.5 Å². The third-order valence-electron chi connectivity index (χ3n) is 3.96. The second kappa shape index (κ2) is 4.52. The van der Waals surface area contributed by atoms with Gasteiger partial charge in [0.1, 0.15) is 0 Å². The molecule has 1 aromatic carbocycles. The summed E-state index contributed by atoms with van der Waals surface area (Å²) in [5, 5.41) is 10.2. The van der Waals surface area contributed by atoms with Gasteiger partial charge in [-0.2, -0.15) is 0 Å². The molecule has 0 aliphatic heterocycles. The molecule has 1 aliphatic carbocycles. The van der Waals surface area contributed by atoms with Gasteiger partial charge in [0.05, 0.1) is 23.2 Å². The van der Waals surface area contributed by atoms with E-state index in [0.717, 1.165) is 35.1 Å². The number of aromatic nitrogens is 2. The molecule has 3 nitrogen and oxygen atoms in total. The average Bonchev–Trinajstić information content (AvgIpc) is 2.68. The maximum absolute atomic E-state index is 10.2. The van der Waals surface area contributed by atoms with Gasteiger partial charge in [-0.05, 0) is 43.6 Å². The summed E-state index contributed by atoms with van der Waals surface area (Å²) in [5.74, 6) is 0. The Hall–Kier alpha value is -1.13. The molecule has 0 saturated heterocycles. The van der Waals surface area contributed by atoms with Crippen molar-refractivity contribution in [3.63, 3.8) is 0 Å². The molecule has 0 spiro atoms. The van der Waals surface area contributed by atoms with Crippen LogP contribution in [0.15, 0.2) is 18.2 Å². The number of aliphatic hydroxyl groups is 1. The molecule has 18 heavy (non-hydrogen) atoms. The van der Waals surface area contributed by atoms with Crippen LogP contribution in [0.2, 0.25) is 0 Å². The second-order valence-corrected chi connectivity index (χ2v) is 5.58. The van der Waals surface area contributed by atoms with Crippen molar-refractivity contribution in [1.29, 1.82) is 0 Å². The Morgan fingerprint density at radius 2 is 2.11 bits per heavy atom. The van der Waals surface area contributed by atoms with E-state index in [1.807, 2.05) is 12.1 Å². The van der Waals surface area contributed by atoms with E-state index in [1.54, 1.807) is 0 Å². The third-order valence-corrected chi connectivity index (χ3v) is 4.26. The number of hydrogen-bond donors (Lipinski definition) is 2. The number of benzene rings is 1. The minimum Gasteiger partial charge on any atom is -0.391 e. The van der Waals surface area contributed by atoms with Crippen LogP contribution in [-0.4, -0.2) is 20.8 Å². The summed E-state index contributed by atoms with van der Waals surface area (Å²) >= 11 is 5.44. The number of aryl methyl sites for hydroxylation is 1. The number of H-pyrrole nitrogens is 1. The van der Waals surface area contributed by atoms with Crippen LogP contribution in [0.1, 0.15) is 37.3 Å². The van der Waals surface area contributed by atoms with Crippen molar-refractivity contribution in [2.45, 2.75) is 44.8 Å². The summed E-state index contributed by atoms with van der Waals surface area (Å²) in [4.78, 5) is 3.25. The topological polar surface area (TPSA) is 41.0 Å². The van der Waals surface area contributed by atoms with Crippen molar-refractivity contribution < 1.29 is 5.11 Å². The number of nitrogens with zero attached hydrogens (tertiary/aromatic N) is 1. The van der Waals surface area contributed by atoms with E-state index in [9.17, 15) is 5.11 Å². The van der Waals surface area contributed by atoms with Crippen molar-refractivity contribution in [3.8, 4) is 0 Å². The van der Waals surface area contributed by atoms with Crippen molar-refractivity contribution in [2.24, 2.45) is 0 Å². The van der Waals surface area contributed by atoms with Gasteiger partial charge in [-0.1, -0.05) is 25.0 Å². The quantitative estimate of drug-likeness (QED) is 0.772. The zero-order valence-electron chi connectivity index (χ0n) is 10.5. The minimum absolute atomic E-state index is 0.126. The molecule has 2 atom stereocenters. The maximum atomic E-state index is 10.2. The molecule has 2 N–H and O–H groups in total. The van der Waals surface area contributed by atoms with Crippen LogP contribution in [0.4, 0.5) is 0 Å². The fourth-order valence-corrected chi connectivity index (χ4v) is 3.40. The van der Waals surface area contributed by atoms with Crippen LogP contribution in [0, 0.1) is 11.7 Å². The van der Waals surface area contributed by atoms with E-state index < -0.39 is 0 Å². The predicted molar refractivity (Wildman–Crippen MR) is 75.4 cm³/mol. The van der Waals surface area contributed by atoms with Gasteiger partial charge in [-0.25, -0.2) is 0 Å². The van der Waals surface area contributed by atoms with E-state index >= 15 is 0 Å². The molecular formula is C14H18N2OS. The Labute approximate surface area is 111 Å². The minimum atomic E-state index is -0.274. The van der Waals surface area contributed by atoms with Crippen LogP contribution in [0.5, 0.6) is 0 Å². The molecule has 2 unspecified atom stereocenters. The van der Waals surface area contributed by atoms with Crippen molar-refractivity contribution in [1.82, 2.24) is 9.55 Å². The molecule has 96 valence electrons. The molecule has 1 heterocycles. The highest BCUT2D eigenvalue weighted by Gasteiger charge is 2.26. The molecule has 3 rings (SSSR count). The molecule has 4 heteroatoms. The van der Waals surface area contributed by atoms with Gasteiger partial charge in [0.25, 0.3) is 0 Å². The lowest BCUT2D eigenvalue weighted by Gasteiger charge is -2.29. The van der Waals surface area contributed by atoms with Crippen LogP contribution < -0.4 is 0 Å². The standard InChI is InChI=1S/C14H18N2OS/c1-9-5-4-6-10-13(9)16(14(18)15-10)11-7-2-3-8-12(11)17/h4-6,11-12,17H,2-3,7-8H2,1H3,(H,15,18). The van der Waals surface area contributed by atoms with E-state index in [1.165, 1.54) is 12.0 Å². The summed E-state index contributed by atoms with van der Waals surface area (Å²) in [6.45, 7) is 2.09. The number of rotatable bonds is 1. The smallest absolute Gasteiger partial charge is 0.178 e. The Balaban J connectivity index is 2.21. The van der Waals surface area contributed by atoms with Crippen LogP contribution in [-0.2, 0) is 0 Å². The number of imidazole rings is 1. The lowest BCUT2D eigenvalue weighted by Crippen LogP contribution is -2.27. The Kier molecular flexibility index (Phi) is 2.99. The zero-order chi connectivity index (χ0) is 12.7. The molecule has 1 aliphatic rings. The number of para-hydroxylation sites is 1. The van der Waals surface area contributed by atoms with Gasteiger partial charge in [0.15, 0.2) is 4.77 Å². The molecule has 1 fully saturated rings. The van der Waals surface area contributed by atoms with Crippen LogP contribution in [0.3, 0.4) is 0 Å². The van der Waals surface area contributed by atoms with E-state index in [0.29, 0.717) is 0 Å². The summed E-state index contributed by atoms with van der Waals surface area (Å²) in [7, 11) is 0. The number of aromatic amines is 1.